The van der Waals surface area contributed by atoms with Gasteiger partial charge in [-0.25, -0.2) is 0 Å². The molecule has 0 atom stereocenters. The molecule has 8 bridgehead atoms. The molecule has 0 saturated heterocycles. The summed E-state index contributed by atoms with van der Waals surface area (Å²) in [6.07, 6.45) is 6.38. The van der Waals surface area contributed by atoms with Crippen LogP contribution in [0.5, 0.6) is 0 Å². The first-order chi connectivity index (χ1) is 14.3. The van der Waals surface area contributed by atoms with Crippen LogP contribution >= 0.6 is 11.3 Å². The summed E-state index contributed by atoms with van der Waals surface area (Å²) in [6.45, 7) is 0. The van der Waals surface area contributed by atoms with Crippen LogP contribution in [0, 0.1) is 0 Å². The molecule has 5 heteroatoms. The maximum atomic E-state index is 3.58. The molecular formula is C24H18N4S. The summed E-state index contributed by atoms with van der Waals surface area (Å²) in [5, 5.41) is 6.41. The first-order valence-electron chi connectivity index (χ1n) is 9.52. The van der Waals surface area contributed by atoms with Crippen molar-refractivity contribution < 1.29 is 0 Å². The van der Waals surface area contributed by atoms with Gasteiger partial charge in [-0.3, -0.25) is 0 Å². The Kier molecular flexibility index (Phi) is 3.61. The molecule has 1 aliphatic rings. The summed E-state index contributed by atoms with van der Waals surface area (Å²) in [5.74, 6) is 0. The van der Waals surface area contributed by atoms with Gasteiger partial charge in [0.05, 0.1) is 0 Å². The molecule has 29 heavy (non-hydrogen) atoms. The highest BCUT2D eigenvalue weighted by molar-refractivity contribution is 7.11. The van der Waals surface area contributed by atoms with Crippen molar-refractivity contribution in [1.29, 1.82) is 0 Å². The number of thiophene rings is 1. The van der Waals surface area contributed by atoms with Gasteiger partial charge in [0, 0.05) is 54.6 Å². The molecule has 6 heterocycles. The van der Waals surface area contributed by atoms with Crippen molar-refractivity contribution in [2.45, 2.75) is 0 Å². The van der Waals surface area contributed by atoms with Gasteiger partial charge < -0.3 is 19.9 Å². The molecule has 4 N–H and O–H groups in total. The van der Waals surface area contributed by atoms with E-state index in [1.54, 1.807) is 11.3 Å². The minimum atomic E-state index is 1.06. The average Bonchev–Trinajstić information content (AvgIpc) is 3.51. The summed E-state index contributed by atoms with van der Waals surface area (Å²) in [4.78, 5) is 15.3. The second-order valence-corrected chi connectivity index (χ2v) is 8.13. The number of aromatic nitrogens is 4. The number of H-pyrrole nitrogens is 4. The molecule has 0 unspecified atom stereocenters. The summed E-state index contributed by atoms with van der Waals surface area (Å²) in [6, 6.07) is 21.2. The highest BCUT2D eigenvalue weighted by Crippen LogP contribution is 2.24. The molecule has 5 aromatic rings. The lowest BCUT2D eigenvalue weighted by Crippen LogP contribution is -2.14. The van der Waals surface area contributed by atoms with Gasteiger partial charge in [0.2, 0.25) is 0 Å². The summed E-state index contributed by atoms with van der Waals surface area (Å²) in [5.41, 5.74) is 5.47. The predicted octanol–water partition coefficient (Wildman–Crippen LogP) is 2.11. The first kappa shape index (κ1) is 16.3. The Labute approximate surface area is 170 Å². The molecular weight excluding hydrogens is 376 g/mol. The monoisotopic (exact) mass is 394 g/mol. The Morgan fingerprint density at radius 1 is 0.552 bits per heavy atom. The van der Waals surface area contributed by atoms with Crippen molar-refractivity contribution in [2.24, 2.45) is 0 Å². The van der Waals surface area contributed by atoms with E-state index < -0.39 is 0 Å². The number of fused-ring (bicyclic) bond motifs is 8. The van der Waals surface area contributed by atoms with E-state index >= 15 is 0 Å². The molecule has 5 aromatic heterocycles. The zero-order valence-corrected chi connectivity index (χ0v) is 16.3. The van der Waals surface area contributed by atoms with E-state index in [2.05, 4.69) is 104 Å². The predicted molar refractivity (Wildman–Crippen MR) is 118 cm³/mol. The Hall–Kier alpha value is -3.70. The van der Waals surface area contributed by atoms with Crippen LogP contribution in [0.2, 0.25) is 0 Å². The van der Waals surface area contributed by atoms with Crippen molar-refractivity contribution in [3.8, 4) is 0 Å². The van der Waals surface area contributed by atoms with E-state index in [4.69, 9.17) is 0 Å². The van der Waals surface area contributed by atoms with E-state index in [9.17, 15) is 0 Å². The Bertz CT molecular complexity index is 1550. The molecule has 6 rings (SSSR count). The van der Waals surface area contributed by atoms with Gasteiger partial charge >= 0.3 is 0 Å². The third-order valence-electron chi connectivity index (χ3n) is 5.12. The van der Waals surface area contributed by atoms with Crippen LogP contribution in [0.3, 0.4) is 0 Å². The number of nitrogens with one attached hydrogen (secondary N) is 4. The van der Waals surface area contributed by atoms with Crippen LogP contribution in [-0.4, -0.2) is 19.9 Å². The lowest BCUT2D eigenvalue weighted by Gasteiger charge is -2.02. The number of aromatic amines is 4. The Morgan fingerprint density at radius 3 is 1.93 bits per heavy atom. The molecule has 0 radical (unpaired) electrons. The first-order valence-corrected chi connectivity index (χ1v) is 10.4. The van der Waals surface area contributed by atoms with Crippen molar-refractivity contribution >= 4 is 35.1 Å². The Morgan fingerprint density at radius 2 is 1.21 bits per heavy atom. The average molecular weight is 395 g/mol. The van der Waals surface area contributed by atoms with Gasteiger partial charge in [-0.1, -0.05) is 6.07 Å². The van der Waals surface area contributed by atoms with Crippen molar-refractivity contribution in [1.82, 2.24) is 19.9 Å². The maximum Gasteiger partial charge on any atom is 0.0494 e. The molecule has 0 fully saturated rings. The van der Waals surface area contributed by atoms with Crippen molar-refractivity contribution in [2.75, 3.05) is 0 Å². The van der Waals surface area contributed by atoms with Crippen LogP contribution in [0.25, 0.3) is 23.8 Å². The summed E-state index contributed by atoms with van der Waals surface area (Å²) >= 11 is 1.75. The van der Waals surface area contributed by atoms with E-state index in [1.165, 1.54) is 10.5 Å². The molecule has 4 nitrogen and oxygen atoms in total. The van der Waals surface area contributed by atoms with Gasteiger partial charge in [0.25, 0.3) is 0 Å². The molecule has 0 aromatic carbocycles. The van der Waals surface area contributed by atoms with Crippen LogP contribution in [-0.2, 0) is 0 Å². The van der Waals surface area contributed by atoms with E-state index in [1.807, 2.05) is 0 Å². The molecule has 0 aliphatic carbocycles. The minimum absolute atomic E-state index is 1.06. The molecule has 0 saturated carbocycles. The topological polar surface area (TPSA) is 63.2 Å². The number of hydrogen-bond donors (Lipinski definition) is 4. The maximum absolute atomic E-state index is 3.58. The highest BCUT2D eigenvalue weighted by Gasteiger charge is 2.10. The van der Waals surface area contributed by atoms with Gasteiger partial charge in [-0.05, 0) is 78.2 Å². The zero-order chi connectivity index (χ0) is 19.2. The molecule has 1 aliphatic heterocycles. The quantitative estimate of drug-likeness (QED) is 0.330. The third-order valence-corrected chi connectivity index (χ3v) is 6.01. The summed E-state index contributed by atoms with van der Waals surface area (Å²) in [7, 11) is 0. The Balaban J connectivity index is 1.68. The molecule has 0 spiro atoms. The van der Waals surface area contributed by atoms with E-state index in [0.29, 0.717) is 0 Å². The van der Waals surface area contributed by atoms with Crippen molar-refractivity contribution in [3.63, 3.8) is 0 Å². The van der Waals surface area contributed by atoms with Gasteiger partial charge in [0.1, 0.15) is 0 Å². The number of hydrogen-bond acceptors (Lipinski definition) is 1. The van der Waals surface area contributed by atoms with E-state index in [0.717, 1.165) is 44.2 Å². The normalized spacial score (nSPS) is 12.9. The largest absolute Gasteiger partial charge is 0.355 e. The van der Waals surface area contributed by atoms with Crippen LogP contribution < -0.4 is 21.4 Å². The standard InChI is InChI=1S/C24H18N4S/c1-2-23(29-11-1)24-21-9-7-19(27-21)13-17-5-3-15(25-17)12-16-4-6-18(26-16)14-20-8-10-22(24)28-20/h1-14,25-28H. The fourth-order valence-electron chi connectivity index (χ4n) is 3.81. The van der Waals surface area contributed by atoms with Gasteiger partial charge in [-0.2, -0.15) is 0 Å². The van der Waals surface area contributed by atoms with Crippen LogP contribution in [0.15, 0.2) is 66.0 Å². The fraction of sp³-hybridized carbons (Fsp3) is 0. The van der Waals surface area contributed by atoms with Crippen LogP contribution in [0.4, 0.5) is 0 Å². The summed E-state index contributed by atoms with van der Waals surface area (Å²) < 4.78 is 0. The van der Waals surface area contributed by atoms with Gasteiger partial charge in [0.15, 0.2) is 0 Å². The van der Waals surface area contributed by atoms with Crippen LogP contribution in [0.1, 0.15) is 27.7 Å². The molecule has 140 valence electrons. The zero-order valence-electron chi connectivity index (χ0n) is 15.5. The highest BCUT2D eigenvalue weighted by atomic mass is 32.1. The number of rotatable bonds is 1. The SMILES string of the molecule is C1=c2ccc([nH]2)=Cc2ccc([nH]2)C(c2cccs2)=c2ccc([nH]2)=Cc2ccc1[nH]2. The minimum Gasteiger partial charge on any atom is -0.355 e. The lowest BCUT2D eigenvalue weighted by atomic mass is 10.1. The lowest BCUT2D eigenvalue weighted by molar-refractivity contribution is 1.22. The molecule has 0 amide bonds. The van der Waals surface area contributed by atoms with Crippen molar-refractivity contribution in [3.05, 3.63) is 115 Å². The fourth-order valence-corrected chi connectivity index (χ4v) is 4.61. The van der Waals surface area contributed by atoms with E-state index in [-0.39, 0.29) is 0 Å². The second-order valence-electron chi connectivity index (χ2n) is 7.18. The second kappa shape index (κ2) is 6.43. The third kappa shape index (κ3) is 3.02. The van der Waals surface area contributed by atoms with Gasteiger partial charge in [-0.15, -0.1) is 11.3 Å². The smallest absolute Gasteiger partial charge is 0.0494 e.